The van der Waals surface area contributed by atoms with Gasteiger partial charge in [0.15, 0.2) is 6.10 Å². The zero-order valence-electron chi connectivity index (χ0n) is 8.36. The standard InChI is InChI=1S/C10H12F2N2O/c1-14-6-8(10(11,12)7-14)15-9-4-2-3-5-13-9/h2-5,8H,6-7H2,1H3/t8-/m0/s1. The topological polar surface area (TPSA) is 25.4 Å². The van der Waals surface area contributed by atoms with Crippen LogP contribution in [0.5, 0.6) is 5.88 Å². The Kier molecular flexibility index (Phi) is 2.56. The fraction of sp³-hybridized carbons (Fsp3) is 0.500. The third kappa shape index (κ3) is 2.23. The van der Waals surface area contributed by atoms with Gasteiger partial charge in [0.2, 0.25) is 5.88 Å². The van der Waals surface area contributed by atoms with Crippen molar-refractivity contribution >= 4 is 0 Å². The van der Waals surface area contributed by atoms with Crippen LogP contribution in [0.25, 0.3) is 0 Å². The number of likely N-dealkylation sites (tertiary alicyclic amines) is 1. The van der Waals surface area contributed by atoms with Crippen LogP contribution in [0.3, 0.4) is 0 Å². The molecule has 1 fully saturated rings. The van der Waals surface area contributed by atoms with Crippen LogP contribution in [0.1, 0.15) is 0 Å². The number of ether oxygens (including phenoxy) is 1. The highest BCUT2D eigenvalue weighted by molar-refractivity contribution is 5.11. The Morgan fingerprint density at radius 1 is 1.53 bits per heavy atom. The molecule has 2 rings (SSSR count). The van der Waals surface area contributed by atoms with Gasteiger partial charge in [0.1, 0.15) is 0 Å². The minimum atomic E-state index is -2.80. The number of aromatic nitrogens is 1. The summed E-state index contributed by atoms with van der Waals surface area (Å²) in [4.78, 5) is 5.41. The molecule has 5 heteroatoms. The average molecular weight is 214 g/mol. The molecule has 0 N–H and O–H groups in total. The lowest BCUT2D eigenvalue weighted by Gasteiger charge is -2.18. The van der Waals surface area contributed by atoms with Crippen LogP contribution in [0.4, 0.5) is 8.78 Å². The fourth-order valence-electron chi connectivity index (χ4n) is 1.63. The Morgan fingerprint density at radius 2 is 2.33 bits per heavy atom. The molecule has 0 radical (unpaired) electrons. The van der Waals surface area contributed by atoms with Crippen molar-refractivity contribution in [1.29, 1.82) is 0 Å². The van der Waals surface area contributed by atoms with E-state index in [0.29, 0.717) is 0 Å². The predicted molar refractivity (Wildman–Crippen MR) is 51.1 cm³/mol. The Morgan fingerprint density at radius 3 is 2.87 bits per heavy atom. The van der Waals surface area contributed by atoms with Crippen LogP contribution in [-0.2, 0) is 0 Å². The first-order valence-electron chi connectivity index (χ1n) is 4.72. The van der Waals surface area contributed by atoms with Crippen molar-refractivity contribution in [3.63, 3.8) is 0 Å². The molecule has 0 bridgehead atoms. The Bertz CT molecular complexity index is 331. The SMILES string of the molecule is CN1C[C@H](Oc2ccccn2)C(F)(F)C1. The van der Waals surface area contributed by atoms with E-state index in [2.05, 4.69) is 4.98 Å². The number of hydrogen-bond donors (Lipinski definition) is 0. The number of pyridine rings is 1. The van der Waals surface area contributed by atoms with Gasteiger partial charge in [-0.3, -0.25) is 4.90 Å². The summed E-state index contributed by atoms with van der Waals surface area (Å²) < 4.78 is 31.9. The van der Waals surface area contributed by atoms with Gasteiger partial charge in [-0.1, -0.05) is 6.07 Å². The molecule has 1 aromatic heterocycles. The van der Waals surface area contributed by atoms with E-state index in [9.17, 15) is 8.78 Å². The number of likely N-dealkylation sites (N-methyl/N-ethyl adjacent to an activating group) is 1. The van der Waals surface area contributed by atoms with E-state index in [1.807, 2.05) is 0 Å². The molecule has 1 aliphatic heterocycles. The molecule has 0 aromatic carbocycles. The molecule has 1 atom stereocenters. The van der Waals surface area contributed by atoms with Gasteiger partial charge in [0.25, 0.3) is 5.92 Å². The van der Waals surface area contributed by atoms with E-state index in [1.54, 1.807) is 30.1 Å². The van der Waals surface area contributed by atoms with Gasteiger partial charge in [-0.2, -0.15) is 0 Å². The second-order valence-electron chi connectivity index (χ2n) is 3.73. The molecule has 1 aromatic rings. The number of alkyl halides is 2. The largest absolute Gasteiger partial charge is 0.466 e. The molecule has 0 spiro atoms. The molecular weight excluding hydrogens is 202 g/mol. The first-order chi connectivity index (χ1) is 7.08. The molecule has 3 nitrogen and oxygen atoms in total. The highest BCUT2D eigenvalue weighted by Crippen LogP contribution is 2.29. The van der Waals surface area contributed by atoms with Gasteiger partial charge in [0, 0.05) is 18.8 Å². The van der Waals surface area contributed by atoms with E-state index in [1.165, 1.54) is 6.20 Å². The van der Waals surface area contributed by atoms with Gasteiger partial charge >= 0.3 is 0 Å². The number of halogens is 2. The predicted octanol–water partition coefficient (Wildman–Crippen LogP) is 1.41. The van der Waals surface area contributed by atoms with Crippen molar-refractivity contribution in [1.82, 2.24) is 9.88 Å². The summed E-state index contributed by atoms with van der Waals surface area (Å²) in [5.41, 5.74) is 0. The number of rotatable bonds is 2. The molecule has 1 saturated heterocycles. The van der Waals surface area contributed by atoms with E-state index < -0.39 is 12.0 Å². The minimum Gasteiger partial charge on any atom is -0.466 e. The van der Waals surface area contributed by atoms with E-state index in [4.69, 9.17) is 4.74 Å². The quantitative estimate of drug-likeness (QED) is 0.744. The van der Waals surface area contributed by atoms with Gasteiger partial charge in [-0.25, -0.2) is 13.8 Å². The summed E-state index contributed by atoms with van der Waals surface area (Å²) in [5, 5.41) is 0. The maximum Gasteiger partial charge on any atom is 0.297 e. The number of hydrogen-bond acceptors (Lipinski definition) is 3. The van der Waals surface area contributed by atoms with E-state index in [0.717, 1.165) is 0 Å². The second kappa shape index (κ2) is 3.73. The van der Waals surface area contributed by atoms with Crippen LogP contribution in [0.2, 0.25) is 0 Å². The van der Waals surface area contributed by atoms with Crippen LogP contribution < -0.4 is 4.74 Å². The maximum atomic E-state index is 13.4. The van der Waals surface area contributed by atoms with E-state index >= 15 is 0 Å². The average Bonchev–Trinajstić information content (AvgIpc) is 2.41. The van der Waals surface area contributed by atoms with E-state index in [-0.39, 0.29) is 19.0 Å². The summed E-state index contributed by atoms with van der Waals surface area (Å²) in [5.74, 6) is -2.55. The lowest BCUT2D eigenvalue weighted by atomic mass is 10.2. The van der Waals surface area contributed by atoms with Crippen molar-refractivity contribution in [3.05, 3.63) is 24.4 Å². The first kappa shape index (κ1) is 10.3. The minimum absolute atomic E-state index is 0.226. The number of nitrogens with zero attached hydrogens (tertiary/aromatic N) is 2. The van der Waals surface area contributed by atoms with Gasteiger partial charge < -0.3 is 4.74 Å². The summed E-state index contributed by atoms with van der Waals surface area (Å²) in [7, 11) is 1.65. The Hall–Kier alpha value is -1.23. The molecule has 0 amide bonds. The third-order valence-electron chi connectivity index (χ3n) is 2.33. The highest BCUT2D eigenvalue weighted by atomic mass is 19.3. The Labute approximate surface area is 86.7 Å². The van der Waals surface area contributed by atoms with Crippen LogP contribution in [0, 0.1) is 0 Å². The summed E-state index contributed by atoms with van der Waals surface area (Å²) >= 11 is 0. The van der Waals surface area contributed by atoms with Crippen LogP contribution >= 0.6 is 0 Å². The summed E-state index contributed by atoms with van der Waals surface area (Å²) in [6.07, 6.45) is 0.420. The van der Waals surface area contributed by atoms with Gasteiger partial charge in [-0.15, -0.1) is 0 Å². The van der Waals surface area contributed by atoms with Crippen LogP contribution in [-0.4, -0.2) is 42.0 Å². The summed E-state index contributed by atoms with van der Waals surface area (Å²) in [6.45, 7) is -0.0337. The fourth-order valence-corrected chi connectivity index (χ4v) is 1.63. The molecule has 1 aliphatic rings. The molecule has 0 saturated carbocycles. The van der Waals surface area contributed by atoms with Crippen LogP contribution in [0.15, 0.2) is 24.4 Å². The normalized spacial score (nSPS) is 25.4. The van der Waals surface area contributed by atoms with Crippen molar-refractivity contribution in [3.8, 4) is 5.88 Å². The monoisotopic (exact) mass is 214 g/mol. The van der Waals surface area contributed by atoms with Crippen molar-refractivity contribution in [2.45, 2.75) is 12.0 Å². The summed E-state index contributed by atoms with van der Waals surface area (Å²) in [6, 6.07) is 5.00. The van der Waals surface area contributed by atoms with Crippen molar-refractivity contribution < 1.29 is 13.5 Å². The molecule has 15 heavy (non-hydrogen) atoms. The lowest BCUT2D eigenvalue weighted by molar-refractivity contribution is -0.0629. The molecular formula is C10H12F2N2O. The van der Waals surface area contributed by atoms with Crippen molar-refractivity contribution in [2.75, 3.05) is 20.1 Å². The maximum absolute atomic E-state index is 13.4. The first-order valence-corrected chi connectivity index (χ1v) is 4.72. The zero-order valence-corrected chi connectivity index (χ0v) is 8.36. The molecule has 0 unspecified atom stereocenters. The van der Waals surface area contributed by atoms with Gasteiger partial charge in [-0.05, 0) is 13.1 Å². The second-order valence-corrected chi connectivity index (χ2v) is 3.73. The van der Waals surface area contributed by atoms with Crippen molar-refractivity contribution in [2.24, 2.45) is 0 Å². The van der Waals surface area contributed by atoms with Gasteiger partial charge in [0.05, 0.1) is 6.54 Å². The zero-order chi connectivity index (χ0) is 10.9. The third-order valence-corrected chi connectivity index (χ3v) is 2.33. The highest BCUT2D eigenvalue weighted by Gasteiger charge is 2.48. The molecule has 82 valence electrons. The Balaban J connectivity index is 2.07. The molecule has 0 aliphatic carbocycles. The molecule has 2 heterocycles. The lowest BCUT2D eigenvalue weighted by Crippen LogP contribution is -2.36. The smallest absolute Gasteiger partial charge is 0.297 e.